The Bertz CT molecular complexity index is 547. The van der Waals surface area contributed by atoms with Crippen LogP contribution in [0.1, 0.15) is 11.3 Å². The normalized spacial score (nSPS) is 15.7. The van der Waals surface area contributed by atoms with Gasteiger partial charge >= 0.3 is 0 Å². The Morgan fingerprint density at radius 1 is 1.26 bits per heavy atom. The number of hydrogen-bond donors (Lipinski definition) is 2. The number of piperazine rings is 1. The van der Waals surface area contributed by atoms with E-state index >= 15 is 0 Å². The van der Waals surface area contributed by atoms with Gasteiger partial charge in [0.15, 0.2) is 5.76 Å². The first-order chi connectivity index (χ1) is 9.34. The first kappa shape index (κ1) is 12.0. The molecule has 3 rings (SSSR count). The second-order valence-electron chi connectivity index (χ2n) is 4.68. The molecule has 2 heterocycles. The van der Waals surface area contributed by atoms with Gasteiger partial charge in [-0.05, 0) is 6.07 Å². The predicted molar refractivity (Wildman–Crippen MR) is 72.5 cm³/mol. The molecule has 1 aromatic carbocycles. The molecule has 0 unspecified atom stereocenters. The van der Waals surface area contributed by atoms with E-state index in [1.165, 1.54) is 0 Å². The maximum Gasteiger partial charge on any atom is 0.164 e. The van der Waals surface area contributed by atoms with E-state index in [1.807, 2.05) is 18.2 Å². The van der Waals surface area contributed by atoms with Gasteiger partial charge in [-0.25, -0.2) is 0 Å². The quantitative estimate of drug-likeness (QED) is 0.872. The number of hydrogen-bond acceptors (Lipinski definition) is 5. The smallest absolute Gasteiger partial charge is 0.164 e. The zero-order valence-electron chi connectivity index (χ0n) is 10.7. The molecule has 0 bridgehead atoms. The van der Waals surface area contributed by atoms with Gasteiger partial charge in [0.2, 0.25) is 0 Å². The van der Waals surface area contributed by atoms with Gasteiger partial charge in [0.25, 0.3) is 0 Å². The lowest BCUT2D eigenvalue weighted by molar-refractivity contribution is 0.386. The standard InChI is InChI=1S/C14H17N3O2/c18-13-4-2-1-3-11(13)9-14-12(10-16-19-14)17-7-5-15-6-8-17/h1-4,10,15,18H,5-9H2. The fraction of sp³-hybridized carbons (Fsp3) is 0.357. The average molecular weight is 259 g/mol. The molecule has 100 valence electrons. The van der Waals surface area contributed by atoms with Crippen LogP contribution in [0, 0.1) is 0 Å². The SMILES string of the molecule is Oc1ccccc1Cc1oncc1N1CCNCC1. The second kappa shape index (κ2) is 5.32. The molecule has 0 radical (unpaired) electrons. The topological polar surface area (TPSA) is 61.5 Å². The van der Waals surface area contributed by atoms with Gasteiger partial charge < -0.3 is 19.8 Å². The van der Waals surface area contributed by atoms with Crippen LogP contribution in [0.5, 0.6) is 5.75 Å². The van der Waals surface area contributed by atoms with Crippen molar-refractivity contribution in [2.24, 2.45) is 0 Å². The first-order valence-corrected chi connectivity index (χ1v) is 6.50. The lowest BCUT2D eigenvalue weighted by Gasteiger charge is -2.28. The van der Waals surface area contributed by atoms with Crippen LogP contribution in [0.2, 0.25) is 0 Å². The van der Waals surface area contributed by atoms with Crippen LogP contribution in [-0.2, 0) is 6.42 Å². The molecule has 0 saturated carbocycles. The van der Waals surface area contributed by atoms with Gasteiger partial charge in [0.05, 0.1) is 6.20 Å². The molecule has 1 aromatic heterocycles. The third-order valence-corrected chi connectivity index (χ3v) is 3.42. The first-order valence-electron chi connectivity index (χ1n) is 6.50. The van der Waals surface area contributed by atoms with Crippen molar-refractivity contribution in [1.29, 1.82) is 0 Å². The minimum atomic E-state index is 0.296. The summed E-state index contributed by atoms with van der Waals surface area (Å²) in [6, 6.07) is 7.32. The predicted octanol–water partition coefficient (Wildman–Crippen LogP) is 1.38. The monoisotopic (exact) mass is 259 g/mol. The van der Waals surface area contributed by atoms with Crippen LogP contribution in [0.15, 0.2) is 35.0 Å². The zero-order valence-corrected chi connectivity index (χ0v) is 10.7. The maximum atomic E-state index is 9.82. The zero-order chi connectivity index (χ0) is 13.1. The van der Waals surface area contributed by atoms with Crippen molar-refractivity contribution in [3.63, 3.8) is 0 Å². The summed E-state index contributed by atoms with van der Waals surface area (Å²) in [5, 5.41) is 17.1. The summed E-state index contributed by atoms with van der Waals surface area (Å²) in [4.78, 5) is 2.27. The van der Waals surface area contributed by atoms with E-state index in [4.69, 9.17) is 4.52 Å². The van der Waals surface area contributed by atoms with Gasteiger partial charge in [-0.15, -0.1) is 0 Å². The number of aromatic nitrogens is 1. The highest BCUT2D eigenvalue weighted by Gasteiger charge is 2.18. The number of phenols is 1. The van der Waals surface area contributed by atoms with Crippen LogP contribution in [0.3, 0.4) is 0 Å². The molecule has 5 heteroatoms. The second-order valence-corrected chi connectivity index (χ2v) is 4.68. The van der Waals surface area contributed by atoms with Gasteiger partial charge in [0.1, 0.15) is 11.4 Å². The Hall–Kier alpha value is -2.01. The van der Waals surface area contributed by atoms with Gasteiger partial charge in [-0.3, -0.25) is 0 Å². The Kier molecular flexibility index (Phi) is 3.37. The summed E-state index contributed by atoms with van der Waals surface area (Å²) in [5.74, 6) is 1.11. The molecule has 1 aliphatic heterocycles. The van der Waals surface area contributed by atoms with E-state index < -0.39 is 0 Å². The Morgan fingerprint density at radius 2 is 2.05 bits per heavy atom. The molecular formula is C14H17N3O2. The molecular weight excluding hydrogens is 242 g/mol. The van der Waals surface area contributed by atoms with E-state index in [1.54, 1.807) is 12.3 Å². The number of aromatic hydroxyl groups is 1. The molecule has 1 fully saturated rings. The molecule has 2 aromatic rings. The lowest BCUT2D eigenvalue weighted by Crippen LogP contribution is -2.43. The van der Waals surface area contributed by atoms with E-state index in [-0.39, 0.29) is 0 Å². The Labute approximate surface area is 111 Å². The molecule has 2 N–H and O–H groups in total. The number of rotatable bonds is 3. The van der Waals surface area contributed by atoms with Gasteiger partial charge in [-0.2, -0.15) is 0 Å². The highest BCUT2D eigenvalue weighted by molar-refractivity contribution is 5.50. The molecule has 1 saturated heterocycles. The van der Waals surface area contributed by atoms with Gasteiger partial charge in [0, 0.05) is 38.2 Å². The minimum Gasteiger partial charge on any atom is -0.508 e. The lowest BCUT2D eigenvalue weighted by atomic mass is 10.1. The number of nitrogens with one attached hydrogen (secondary N) is 1. The number of para-hydroxylation sites is 1. The highest BCUT2D eigenvalue weighted by Crippen LogP contribution is 2.26. The van der Waals surface area contributed by atoms with Crippen molar-refractivity contribution >= 4 is 5.69 Å². The van der Waals surface area contributed by atoms with Crippen molar-refractivity contribution < 1.29 is 9.63 Å². The van der Waals surface area contributed by atoms with E-state index in [9.17, 15) is 5.11 Å². The van der Waals surface area contributed by atoms with E-state index in [2.05, 4.69) is 15.4 Å². The summed E-state index contributed by atoms with van der Waals surface area (Å²) in [7, 11) is 0. The fourth-order valence-corrected chi connectivity index (χ4v) is 2.38. The Balaban J connectivity index is 1.82. The maximum absolute atomic E-state index is 9.82. The van der Waals surface area contributed by atoms with Crippen molar-refractivity contribution in [2.45, 2.75) is 6.42 Å². The highest BCUT2D eigenvalue weighted by atomic mass is 16.5. The van der Waals surface area contributed by atoms with E-state index in [0.717, 1.165) is 43.2 Å². The summed E-state index contributed by atoms with van der Waals surface area (Å²) < 4.78 is 5.35. The third kappa shape index (κ3) is 2.56. The van der Waals surface area contributed by atoms with Crippen molar-refractivity contribution in [2.75, 3.05) is 31.1 Å². The molecule has 0 atom stereocenters. The number of benzene rings is 1. The molecule has 0 amide bonds. The summed E-state index contributed by atoms with van der Waals surface area (Å²) in [5.41, 5.74) is 1.89. The van der Waals surface area contributed by atoms with E-state index in [0.29, 0.717) is 12.2 Å². The van der Waals surface area contributed by atoms with Crippen molar-refractivity contribution in [3.05, 3.63) is 41.8 Å². The third-order valence-electron chi connectivity index (χ3n) is 3.42. The van der Waals surface area contributed by atoms with Crippen molar-refractivity contribution in [3.8, 4) is 5.75 Å². The average Bonchev–Trinajstić information content (AvgIpc) is 2.91. The van der Waals surface area contributed by atoms with Crippen LogP contribution >= 0.6 is 0 Å². The summed E-state index contributed by atoms with van der Waals surface area (Å²) in [6.07, 6.45) is 2.33. The van der Waals surface area contributed by atoms with Crippen LogP contribution < -0.4 is 10.2 Å². The molecule has 1 aliphatic rings. The minimum absolute atomic E-state index is 0.296. The number of nitrogens with zero attached hydrogens (tertiary/aromatic N) is 2. The molecule has 19 heavy (non-hydrogen) atoms. The summed E-state index contributed by atoms with van der Waals surface area (Å²) >= 11 is 0. The number of phenolic OH excluding ortho intramolecular Hbond substituents is 1. The molecule has 5 nitrogen and oxygen atoms in total. The number of anilines is 1. The van der Waals surface area contributed by atoms with Crippen LogP contribution in [-0.4, -0.2) is 36.4 Å². The van der Waals surface area contributed by atoms with Crippen LogP contribution in [0.4, 0.5) is 5.69 Å². The molecule has 0 aliphatic carbocycles. The van der Waals surface area contributed by atoms with Crippen molar-refractivity contribution in [1.82, 2.24) is 10.5 Å². The largest absolute Gasteiger partial charge is 0.508 e. The Morgan fingerprint density at radius 3 is 2.84 bits per heavy atom. The van der Waals surface area contributed by atoms with Crippen LogP contribution in [0.25, 0.3) is 0 Å². The summed E-state index contributed by atoms with van der Waals surface area (Å²) in [6.45, 7) is 3.85. The molecule has 0 spiro atoms. The fourth-order valence-electron chi connectivity index (χ4n) is 2.38. The van der Waals surface area contributed by atoms with Gasteiger partial charge in [-0.1, -0.05) is 23.4 Å².